The molecule has 0 unspecified atom stereocenters. The van der Waals surface area contributed by atoms with Crippen molar-refractivity contribution >= 4 is 11.8 Å². The third-order valence-corrected chi connectivity index (χ3v) is 2.70. The van der Waals surface area contributed by atoms with Crippen molar-refractivity contribution in [1.82, 2.24) is 0 Å². The van der Waals surface area contributed by atoms with Gasteiger partial charge in [0, 0.05) is 6.07 Å². The van der Waals surface area contributed by atoms with Crippen LogP contribution in [0.15, 0.2) is 12.1 Å². The minimum absolute atomic E-state index is 0.160. The highest BCUT2D eigenvalue weighted by molar-refractivity contribution is 6.00. The van der Waals surface area contributed by atoms with Crippen molar-refractivity contribution in [2.24, 2.45) is 5.73 Å². The van der Waals surface area contributed by atoms with Crippen LogP contribution < -0.4 is 10.5 Å². The number of rotatable bonds is 7. The monoisotopic (exact) mass is 281 g/mol. The molecule has 0 saturated heterocycles. The molecule has 3 N–H and O–H groups in total. The van der Waals surface area contributed by atoms with Crippen LogP contribution in [0.25, 0.3) is 0 Å². The Morgan fingerprint density at radius 1 is 1.30 bits per heavy atom. The number of Topliss-reactive ketones (excluding diaryl/α,β-unsaturated/α-hetero) is 1. The molecule has 0 heterocycles. The van der Waals surface area contributed by atoms with Gasteiger partial charge in [-0.2, -0.15) is 0 Å². The van der Waals surface area contributed by atoms with Crippen LogP contribution in [0.5, 0.6) is 11.5 Å². The number of benzene rings is 1. The van der Waals surface area contributed by atoms with Crippen molar-refractivity contribution in [2.75, 3.05) is 19.8 Å². The standard InChI is InChI=1S/C14H19NO5/c1-3-9-5-10(12(17)7-15)11(16)6-13(9)20-8-14(18)19-4-2/h5-6,16H,3-4,7-8,15H2,1-2H3. The Balaban J connectivity index is 2.94. The zero-order chi connectivity index (χ0) is 15.1. The number of phenols is 1. The third kappa shape index (κ3) is 3.96. The van der Waals surface area contributed by atoms with E-state index >= 15 is 0 Å². The van der Waals surface area contributed by atoms with E-state index in [1.54, 1.807) is 6.92 Å². The van der Waals surface area contributed by atoms with E-state index in [-0.39, 0.29) is 36.9 Å². The Bertz CT molecular complexity index is 499. The smallest absolute Gasteiger partial charge is 0.344 e. The lowest BCUT2D eigenvalue weighted by atomic mass is 10.0. The first kappa shape index (κ1) is 16.0. The Morgan fingerprint density at radius 3 is 2.55 bits per heavy atom. The molecule has 0 radical (unpaired) electrons. The lowest BCUT2D eigenvalue weighted by molar-refractivity contribution is -0.145. The van der Waals surface area contributed by atoms with Crippen LogP contribution in [0, 0.1) is 0 Å². The summed E-state index contributed by atoms with van der Waals surface area (Å²) >= 11 is 0. The molecule has 1 aromatic carbocycles. The number of nitrogens with two attached hydrogens (primary N) is 1. The Kier molecular flexibility index (Phi) is 5.99. The van der Waals surface area contributed by atoms with Crippen LogP contribution in [0.1, 0.15) is 29.8 Å². The minimum Gasteiger partial charge on any atom is -0.507 e. The molecule has 0 aromatic heterocycles. The lowest BCUT2D eigenvalue weighted by Gasteiger charge is -2.12. The number of hydrogen-bond donors (Lipinski definition) is 2. The molecule has 0 saturated carbocycles. The van der Waals surface area contributed by atoms with Gasteiger partial charge in [-0.25, -0.2) is 4.79 Å². The largest absolute Gasteiger partial charge is 0.507 e. The van der Waals surface area contributed by atoms with Crippen molar-refractivity contribution in [3.05, 3.63) is 23.3 Å². The van der Waals surface area contributed by atoms with E-state index in [4.69, 9.17) is 15.2 Å². The zero-order valence-electron chi connectivity index (χ0n) is 11.6. The fourth-order valence-electron chi connectivity index (χ4n) is 1.70. The number of carbonyl (C=O) groups is 2. The first-order valence-electron chi connectivity index (χ1n) is 6.41. The van der Waals surface area contributed by atoms with Crippen LogP contribution in [-0.2, 0) is 16.0 Å². The summed E-state index contributed by atoms with van der Waals surface area (Å²) in [5.74, 6) is -0.701. The highest BCUT2D eigenvalue weighted by Crippen LogP contribution is 2.29. The molecule has 110 valence electrons. The number of phenolic OH excluding ortho intramolecular Hbond substituents is 1. The SMILES string of the molecule is CCOC(=O)COc1cc(O)c(C(=O)CN)cc1CC. The van der Waals surface area contributed by atoms with Gasteiger partial charge < -0.3 is 20.3 Å². The normalized spacial score (nSPS) is 10.2. The maximum Gasteiger partial charge on any atom is 0.344 e. The Morgan fingerprint density at radius 2 is 2.00 bits per heavy atom. The number of esters is 1. The molecule has 0 bridgehead atoms. The Labute approximate surface area is 117 Å². The van der Waals surface area contributed by atoms with Crippen LogP contribution in [-0.4, -0.2) is 36.6 Å². The van der Waals surface area contributed by atoms with Gasteiger partial charge in [0.05, 0.1) is 18.7 Å². The first-order valence-corrected chi connectivity index (χ1v) is 6.41. The minimum atomic E-state index is -0.490. The molecule has 0 spiro atoms. The van der Waals surface area contributed by atoms with Gasteiger partial charge in [-0.1, -0.05) is 6.92 Å². The zero-order valence-corrected chi connectivity index (χ0v) is 11.6. The molecular formula is C14H19NO5. The summed E-state index contributed by atoms with van der Waals surface area (Å²) < 4.78 is 10.1. The van der Waals surface area contributed by atoms with Gasteiger partial charge in [-0.15, -0.1) is 0 Å². The van der Waals surface area contributed by atoms with E-state index in [9.17, 15) is 14.7 Å². The number of aromatic hydroxyl groups is 1. The highest BCUT2D eigenvalue weighted by atomic mass is 16.6. The van der Waals surface area contributed by atoms with Crippen molar-refractivity contribution in [2.45, 2.75) is 20.3 Å². The first-order chi connectivity index (χ1) is 9.53. The lowest BCUT2D eigenvalue weighted by Crippen LogP contribution is -2.16. The van der Waals surface area contributed by atoms with E-state index in [2.05, 4.69) is 0 Å². The van der Waals surface area contributed by atoms with Crippen molar-refractivity contribution in [1.29, 1.82) is 0 Å². The molecule has 6 nitrogen and oxygen atoms in total. The van der Waals surface area contributed by atoms with Crippen LogP contribution >= 0.6 is 0 Å². The summed E-state index contributed by atoms with van der Waals surface area (Å²) in [4.78, 5) is 22.8. The molecule has 1 aromatic rings. The van der Waals surface area contributed by atoms with Crippen LogP contribution in [0.4, 0.5) is 0 Å². The summed E-state index contributed by atoms with van der Waals surface area (Å²) in [6, 6.07) is 2.85. The number of hydrogen-bond acceptors (Lipinski definition) is 6. The van der Waals surface area contributed by atoms with Gasteiger partial charge in [-0.3, -0.25) is 4.79 Å². The average Bonchev–Trinajstić information content (AvgIpc) is 2.44. The molecule has 0 aliphatic rings. The van der Waals surface area contributed by atoms with Crippen molar-refractivity contribution < 1.29 is 24.2 Å². The van der Waals surface area contributed by atoms with Gasteiger partial charge in [0.1, 0.15) is 11.5 Å². The molecule has 6 heteroatoms. The van der Waals surface area contributed by atoms with E-state index in [0.29, 0.717) is 17.7 Å². The fraction of sp³-hybridized carbons (Fsp3) is 0.429. The van der Waals surface area contributed by atoms with Crippen molar-refractivity contribution in [3.63, 3.8) is 0 Å². The predicted octanol–water partition coefficient (Wildman–Crippen LogP) is 1.04. The summed E-state index contributed by atoms with van der Waals surface area (Å²) in [5, 5.41) is 9.81. The quantitative estimate of drug-likeness (QED) is 0.572. The summed E-state index contributed by atoms with van der Waals surface area (Å²) in [6.45, 7) is 3.43. The molecule has 0 fully saturated rings. The number of aryl methyl sites for hydroxylation is 1. The molecule has 0 amide bonds. The molecular weight excluding hydrogens is 262 g/mol. The number of carbonyl (C=O) groups excluding carboxylic acids is 2. The van der Waals surface area contributed by atoms with Gasteiger partial charge in [0.25, 0.3) is 0 Å². The Hall–Kier alpha value is -2.08. The molecule has 0 atom stereocenters. The summed E-state index contributed by atoms with van der Waals surface area (Å²) in [6.07, 6.45) is 0.587. The van der Waals surface area contributed by atoms with Gasteiger partial charge >= 0.3 is 5.97 Å². The second-order valence-corrected chi connectivity index (χ2v) is 4.05. The van der Waals surface area contributed by atoms with E-state index in [0.717, 1.165) is 0 Å². The fourth-order valence-corrected chi connectivity index (χ4v) is 1.70. The average molecular weight is 281 g/mol. The van der Waals surface area contributed by atoms with Crippen LogP contribution in [0.2, 0.25) is 0 Å². The van der Waals surface area contributed by atoms with E-state index < -0.39 is 5.97 Å². The number of ketones is 1. The summed E-state index contributed by atoms with van der Waals surface area (Å²) in [5.41, 5.74) is 6.15. The maximum absolute atomic E-state index is 11.6. The number of ether oxygens (including phenoxy) is 2. The molecule has 20 heavy (non-hydrogen) atoms. The predicted molar refractivity (Wildman–Crippen MR) is 73.0 cm³/mol. The van der Waals surface area contributed by atoms with E-state index in [1.807, 2.05) is 6.92 Å². The topological polar surface area (TPSA) is 98.9 Å². The second-order valence-electron chi connectivity index (χ2n) is 4.05. The molecule has 0 aliphatic carbocycles. The second kappa shape index (κ2) is 7.49. The van der Waals surface area contributed by atoms with E-state index in [1.165, 1.54) is 12.1 Å². The maximum atomic E-state index is 11.6. The van der Waals surface area contributed by atoms with Gasteiger partial charge in [0.15, 0.2) is 12.4 Å². The summed E-state index contributed by atoms with van der Waals surface area (Å²) in [7, 11) is 0. The van der Waals surface area contributed by atoms with Gasteiger partial charge in [0.2, 0.25) is 0 Å². The molecule has 0 aliphatic heterocycles. The van der Waals surface area contributed by atoms with Crippen molar-refractivity contribution in [3.8, 4) is 11.5 Å². The third-order valence-electron chi connectivity index (χ3n) is 2.70. The molecule has 1 rings (SSSR count). The van der Waals surface area contributed by atoms with Gasteiger partial charge in [-0.05, 0) is 25.0 Å². The highest BCUT2D eigenvalue weighted by Gasteiger charge is 2.15. The van der Waals surface area contributed by atoms with Crippen LogP contribution in [0.3, 0.4) is 0 Å².